The first-order chi connectivity index (χ1) is 28.8. The molecule has 0 atom stereocenters. The molecule has 1 aromatic heterocycles. The molecule has 0 saturated carbocycles. The average molecular weight is 738 g/mol. The average Bonchev–Trinajstić information content (AvgIpc) is 3.31. The fourth-order valence-corrected chi connectivity index (χ4v) is 8.60. The van der Waals surface area contributed by atoms with E-state index in [2.05, 4.69) is 212 Å². The number of fused-ring (bicyclic) bond motifs is 5. The van der Waals surface area contributed by atoms with Crippen LogP contribution in [0.15, 0.2) is 212 Å². The van der Waals surface area contributed by atoms with Gasteiger partial charge in [0.2, 0.25) is 0 Å². The van der Waals surface area contributed by atoms with Gasteiger partial charge in [0.1, 0.15) is 0 Å². The minimum absolute atomic E-state index is 0.623. The van der Waals surface area contributed by atoms with Crippen molar-refractivity contribution in [3.05, 3.63) is 212 Å². The van der Waals surface area contributed by atoms with E-state index < -0.39 is 0 Å². The molecular weight excluding hydrogens is 703 g/mol. The van der Waals surface area contributed by atoms with Crippen LogP contribution in [-0.2, 0) is 0 Å². The summed E-state index contributed by atoms with van der Waals surface area (Å²) in [5.41, 5.74) is 9.74. The summed E-state index contributed by atoms with van der Waals surface area (Å²) in [4.78, 5) is 16.0. The SMILES string of the molecule is c1ccc(-c2ccc(-c3cccc(-c4nc(-c5ccccc5-c5cccc6ccccc56)nc(-c5cccc6c5ccc5ccccc56)n4)c3)c3ccccc23)cc1. The van der Waals surface area contributed by atoms with E-state index in [1.54, 1.807) is 0 Å². The van der Waals surface area contributed by atoms with Crippen LogP contribution in [0.2, 0.25) is 0 Å². The van der Waals surface area contributed by atoms with E-state index in [1.165, 1.54) is 48.8 Å². The summed E-state index contributed by atoms with van der Waals surface area (Å²) in [6, 6.07) is 75.3. The van der Waals surface area contributed by atoms with Gasteiger partial charge in [0.25, 0.3) is 0 Å². The van der Waals surface area contributed by atoms with Crippen LogP contribution in [0.4, 0.5) is 0 Å². The van der Waals surface area contributed by atoms with Crippen molar-refractivity contribution in [3.63, 3.8) is 0 Å². The van der Waals surface area contributed by atoms with Crippen molar-refractivity contribution >= 4 is 43.1 Å². The third-order valence-electron chi connectivity index (χ3n) is 11.4. The van der Waals surface area contributed by atoms with Gasteiger partial charge in [0, 0.05) is 16.7 Å². The molecule has 1 heterocycles. The second kappa shape index (κ2) is 14.1. The van der Waals surface area contributed by atoms with Gasteiger partial charge in [-0.2, -0.15) is 0 Å². The largest absolute Gasteiger partial charge is 0.208 e. The number of benzene rings is 10. The monoisotopic (exact) mass is 737 g/mol. The fourth-order valence-electron chi connectivity index (χ4n) is 8.60. The third kappa shape index (κ3) is 5.80. The van der Waals surface area contributed by atoms with Crippen molar-refractivity contribution in [1.82, 2.24) is 15.0 Å². The van der Waals surface area contributed by atoms with Crippen LogP contribution >= 0.6 is 0 Å². The number of hydrogen-bond acceptors (Lipinski definition) is 3. The standard InChI is InChI=1S/C55H35N3/c1-2-15-36(16-3-1)43-33-34-44(46-25-9-8-24-45(43)46)39-20-12-21-40(35-39)53-56-54(51-27-11-10-26-49(51)47-28-13-19-37-17-4-6-22-41(37)47)58-55(57-53)52-30-14-29-48-42-23-7-5-18-38(42)31-32-50(48)52/h1-35H. The first-order valence-electron chi connectivity index (χ1n) is 19.7. The summed E-state index contributed by atoms with van der Waals surface area (Å²) >= 11 is 0. The quantitative estimate of drug-likeness (QED) is 0.160. The first kappa shape index (κ1) is 33.6. The molecular formula is C55H35N3. The van der Waals surface area contributed by atoms with Crippen LogP contribution in [0, 0.1) is 0 Å². The molecule has 0 aliphatic heterocycles. The van der Waals surface area contributed by atoms with Crippen LogP contribution in [-0.4, -0.2) is 15.0 Å². The lowest BCUT2D eigenvalue weighted by Crippen LogP contribution is -2.02. The lowest BCUT2D eigenvalue weighted by Gasteiger charge is -2.15. The molecule has 0 radical (unpaired) electrons. The van der Waals surface area contributed by atoms with Crippen molar-refractivity contribution in [2.75, 3.05) is 0 Å². The van der Waals surface area contributed by atoms with E-state index in [4.69, 9.17) is 15.0 Å². The molecule has 0 N–H and O–H groups in total. The van der Waals surface area contributed by atoms with E-state index in [-0.39, 0.29) is 0 Å². The van der Waals surface area contributed by atoms with Gasteiger partial charge in [-0.1, -0.05) is 206 Å². The maximum atomic E-state index is 5.33. The van der Waals surface area contributed by atoms with Gasteiger partial charge in [0.15, 0.2) is 17.5 Å². The zero-order valence-corrected chi connectivity index (χ0v) is 31.5. The number of rotatable bonds is 6. The first-order valence-corrected chi connectivity index (χ1v) is 19.7. The molecule has 3 nitrogen and oxygen atoms in total. The predicted octanol–water partition coefficient (Wildman–Crippen LogP) is 14.5. The molecule has 0 aliphatic rings. The highest BCUT2D eigenvalue weighted by Gasteiger charge is 2.19. The van der Waals surface area contributed by atoms with Crippen molar-refractivity contribution in [3.8, 4) is 67.5 Å². The van der Waals surface area contributed by atoms with Gasteiger partial charge in [-0.05, 0) is 82.5 Å². The van der Waals surface area contributed by atoms with E-state index in [1.807, 2.05) is 0 Å². The highest BCUT2D eigenvalue weighted by molar-refractivity contribution is 6.12. The van der Waals surface area contributed by atoms with Crippen molar-refractivity contribution in [2.45, 2.75) is 0 Å². The molecule has 0 spiro atoms. The topological polar surface area (TPSA) is 38.7 Å². The van der Waals surface area contributed by atoms with Gasteiger partial charge in [-0.25, -0.2) is 15.0 Å². The summed E-state index contributed by atoms with van der Waals surface area (Å²) in [6.45, 7) is 0. The van der Waals surface area contributed by atoms with Gasteiger partial charge in [0.05, 0.1) is 0 Å². The molecule has 11 aromatic rings. The summed E-state index contributed by atoms with van der Waals surface area (Å²) in [5.74, 6) is 1.89. The molecule has 0 aliphatic carbocycles. The molecule has 0 amide bonds. The van der Waals surface area contributed by atoms with Gasteiger partial charge in [-0.15, -0.1) is 0 Å². The Labute approximate surface area is 336 Å². The Hall–Kier alpha value is -7.75. The lowest BCUT2D eigenvalue weighted by atomic mass is 9.91. The van der Waals surface area contributed by atoms with Crippen molar-refractivity contribution in [1.29, 1.82) is 0 Å². The third-order valence-corrected chi connectivity index (χ3v) is 11.4. The molecule has 11 rings (SSSR count). The number of nitrogens with zero attached hydrogens (tertiary/aromatic N) is 3. The second-order valence-corrected chi connectivity index (χ2v) is 14.7. The molecule has 10 aromatic carbocycles. The van der Waals surface area contributed by atoms with E-state index in [9.17, 15) is 0 Å². The molecule has 0 bridgehead atoms. The number of hydrogen-bond donors (Lipinski definition) is 0. The molecule has 0 unspecified atom stereocenters. The minimum atomic E-state index is 0.623. The lowest BCUT2D eigenvalue weighted by molar-refractivity contribution is 1.08. The summed E-state index contributed by atoms with van der Waals surface area (Å²) < 4.78 is 0. The highest BCUT2D eigenvalue weighted by Crippen LogP contribution is 2.40. The van der Waals surface area contributed by atoms with Crippen molar-refractivity contribution < 1.29 is 0 Å². The maximum absolute atomic E-state index is 5.33. The predicted molar refractivity (Wildman–Crippen MR) is 242 cm³/mol. The van der Waals surface area contributed by atoms with Crippen LogP contribution in [0.3, 0.4) is 0 Å². The second-order valence-electron chi connectivity index (χ2n) is 14.7. The van der Waals surface area contributed by atoms with E-state index in [0.29, 0.717) is 17.5 Å². The summed E-state index contributed by atoms with van der Waals surface area (Å²) in [6.07, 6.45) is 0. The molecule has 58 heavy (non-hydrogen) atoms. The Morgan fingerprint density at radius 1 is 0.207 bits per heavy atom. The maximum Gasteiger partial charge on any atom is 0.164 e. The highest BCUT2D eigenvalue weighted by atomic mass is 15.0. The summed E-state index contributed by atoms with van der Waals surface area (Å²) in [5, 5.41) is 9.47. The Bertz CT molecular complexity index is 3340. The van der Waals surface area contributed by atoms with Gasteiger partial charge >= 0.3 is 0 Å². The Morgan fingerprint density at radius 3 is 1.47 bits per heavy atom. The van der Waals surface area contributed by atoms with Crippen LogP contribution < -0.4 is 0 Å². The zero-order chi connectivity index (χ0) is 38.4. The van der Waals surface area contributed by atoms with Crippen LogP contribution in [0.5, 0.6) is 0 Å². The van der Waals surface area contributed by atoms with E-state index >= 15 is 0 Å². The Morgan fingerprint density at radius 2 is 0.672 bits per heavy atom. The van der Waals surface area contributed by atoms with Crippen LogP contribution in [0.25, 0.3) is 111 Å². The summed E-state index contributed by atoms with van der Waals surface area (Å²) in [7, 11) is 0. The zero-order valence-electron chi connectivity index (χ0n) is 31.5. The van der Waals surface area contributed by atoms with Gasteiger partial charge < -0.3 is 0 Å². The Kier molecular flexibility index (Phi) is 8.15. The normalized spacial score (nSPS) is 11.4. The minimum Gasteiger partial charge on any atom is -0.208 e. The molecule has 3 heteroatoms. The number of aromatic nitrogens is 3. The van der Waals surface area contributed by atoms with Crippen LogP contribution in [0.1, 0.15) is 0 Å². The molecule has 0 saturated heterocycles. The molecule has 0 fully saturated rings. The fraction of sp³-hybridized carbons (Fsp3) is 0. The smallest absolute Gasteiger partial charge is 0.164 e. The van der Waals surface area contributed by atoms with E-state index in [0.717, 1.165) is 44.3 Å². The molecule has 270 valence electrons. The van der Waals surface area contributed by atoms with Crippen molar-refractivity contribution in [2.24, 2.45) is 0 Å². The van der Waals surface area contributed by atoms with Gasteiger partial charge in [-0.3, -0.25) is 0 Å². The Balaban J connectivity index is 1.13.